The molecule has 0 bridgehead atoms. The number of amides is 1. The third kappa shape index (κ3) is 2.62. The van der Waals surface area contributed by atoms with Crippen LogP contribution in [0.2, 0.25) is 5.02 Å². The number of anilines is 1. The minimum absolute atomic E-state index is 0.0746. The molecule has 1 amide bonds. The van der Waals surface area contributed by atoms with Crippen molar-refractivity contribution < 1.29 is 4.79 Å². The van der Waals surface area contributed by atoms with Crippen molar-refractivity contribution in [3.63, 3.8) is 0 Å². The highest BCUT2D eigenvalue weighted by molar-refractivity contribution is 7.99. The van der Waals surface area contributed by atoms with E-state index in [9.17, 15) is 4.79 Å². The van der Waals surface area contributed by atoms with E-state index in [0.717, 1.165) is 17.9 Å². The van der Waals surface area contributed by atoms with Crippen molar-refractivity contribution in [2.45, 2.75) is 12.5 Å². The molecule has 0 radical (unpaired) electrons. The number of halogens is 1. The van der Waals surface area contributed by atoms with Gasteiger partial charge in [-0.15, -0.1) is 0 Å². The lowest BCUT2D eigenvalue weighted by molar-refractivity contribution is 0.0941. The van der Waals surface area contributed by atoms with E-state index in [4.69, 9.17) is 17.3 Å². The number of carbonyl (C=O) groups excluding carboxylic acids is 1. The second kappa shape index (κ2) is 4.97. The van der Waals surface area contributed by atoms with Gasteiger partial charge >= 0.3 is 0 Å². The summed E-state index contributed by atoms with van der Waals surface area (Å²) in [5.74, 6) is 2.04. The monoisotopic (exact) mass is 256 g/mol. The zero-order valence-corrected chi connectivity index (χ0v) is 10.3. The molecule has 0 saturated carbocycles. The van der Waals surface area contributed by atoms with Crippen molar-refractivity contribution in [3.8, 4) is 0 Å². The molecular weight excluding hydrogens is 244 g/mol. The number of nitrogens with two attached hydrogens (primary N) is 1. The van der Waals surface area contributed by atoms with Crippen LogP contribution in [0, 0.1) is 0 Å². The lowest BCUT2D eigenvalue weighted by Crippen LogP contribution is -2.34. The Morgan fingerprint density at radius 2 is 2.38 bits per heavy atom. The molecule has 2 rings (SSSR count). The number of carbonyl (C=O) groups is 1. The predicted octanol–water partition coefficient (Wildman–Crippen LogP) is 2.16. The van der Waals surface area contributed by atoms with E-state index in [1.807, 2.05) is 11.8 Å². The molecular formula is C11H13ClN2OS. The SMILES string of the molecule is Nc1ccc(C(=O)NC2CCSC2)cc1Cl. The fraction of sp³-hybridized carbons (Fsp3) is 0.364. The normalized spacial score (nSPS) is 19.7. The first-order valence-corrected chi connectivity index (χ1v) is 6.64. The number of rotatable bonds is 2. The van der Waals surface area contributed by atoms with Crippen LogP contribution in [0.3, 0.4) is 0 Å². The molecule has 1 unspecified atom stereocenters. The Balaban J connectivity index is 2.05. The van der Waals surface area contributed by atoms with Gasteiger partial charge < -0.3 is 11.1 Å². The van der Waals surface area contributed by atoms with E-state index in [0.29, 0.717) is 16.3 Å². The van der Waals surface area contributed by atoms with Crippen LogP contribution in [0.1, 0.15) is 16.8 Å². The fourth-order valence-electron chi connectivity index (χ4n) is 1.59. The van der Waals surface area contributed by atoms with Crippen LogP contribution in [0.25, 0.3) is 0 Å². The minimum atomic E-state index is -0.0746. The van der Waals surface area contributed by atoms with Crippen molar-refractivity contribution in [2.75, 3.05) is 17.2 Å². The van der Waals surface area contributed by atoms with Crippen molar-refractivity contribution in [1.82, 2.24) is 5.32 Å². The van der Waals surface area contributed by atoms with E-state index >= 15 is 0 Å². The standard InChI is InChI=1S/C11H13ClN2OS/c12-9-5-7(1-2-10(9)13)11(15)14-8-3-4-16-6-8/h1-2,5,8H,3-4,6,13H2,(H,14,15). The van der Waals surface area contributed by atoms with Gasteiger partial charge in [0.05, 0.1) is 10.7 Å². The minimum Gasteiger partial charge on any atom is -0.398 e. The Morgan fingerprint density at radius 3 is 3.00 bits per heavy atom. The number of thioether (sulfide) groups is 1. The number of hydrogen-bond donors (Lipinski definition) is 2. The summed E-state index contributed by atoms with van der Waals surface area (Å²) in [4.78, 5) is 11.8. The quantitative estimate of drug-likeness (QED) is 0.798. The van der Waals surface area contributed by atoms with Gasteiger partial charge in [-0.25, -0.2) is 0 Å². The van der Waals surface area contributed by atoms with E-state index < -0.39 is 0 Å². The summed E-state index contributed by atoms with van der Waals surface area (Å²) in [6.45, 7) is 0. The Kier molecular flexibility index (Phi) is 3.61. The molecule has 86 valence electrons. The zero-order valence-electron chi connectivity index (χ0n) is 8.70. The maximum absolute atomic E-state index is 11.8. The average molecular weight is 257 g/mol. The van der Waals surface area contributed by atoms with Crippen LogP contribution in [-0.2, 0) is 0 Å². The Bertz CT molecular complexity index is 405. The summed E-state index contributed by atoms with van der Waals surface area (Å²) < 4.78 is 0. The molecule has 1 aliphatic heterocycles. The molecule has 0 spiro atoms. The van der Waals surface area contributed by atoms with Crippen molar-refractivity contribution >= 4 is 35.0 Å². The van der Waals surface area contributed by atoms with Crippen molar-refractivity contribution in [1.29, 1.82) is 0 Å². The van der Waals surface area contributed by atoms with Gasteiger partial charge in [0.2, 0.25) is 0 Å². The lowest BCUT2D eigenvalue weighted by atomic mass is 10.1. The van der Waals surface area contributed by atoms with Gasteiger partial charge in [0.15, 0.2) is 0 Å². The molecule has 16 heavy (non-hydrogen) atoms. The Labute approximate surface area is 104 Å². The largest absolute Gasteiger partial charge is 0.398 e. The van der Waals surface area contributed by atoms with Gasteiger partial charge in [-0.3, -0.25) is 4.79 Å². The van der Waals surface area contributed by atoms with Gasteiger partial charge in [-0.1, -0.05) is 11.6 Å². The first-order chi connectivity index (χ1) is 7.66. The average Bonchev–Trinajstić information content (AvgIpc) is 2.74. The van der Waals surface area contributed by atoms with E-state index in [1.54, 1.807) is 18.2 Å². The van der Waals surface area contributed by atoms with Gasteiger partial charge in [-0.05, 0) is 30.4 Å². The van der Waals surface area contributed by atoms with Crippen LogP contribution >= 0.6 is 23.4 Å². The first kappa shape index (κ1) is 11.6. The van der Waals surface area contributed by atoms with Crippen LogP contribution in [0.5, 0.6) is 0 Å². The second-order valence-corrected chi connectivity index (χ2v) is 5.33. The molecule has 1 aromatic rings. The predicted molar refractivity (Wildman–Crippen MR) is 69.1 cm³/mol. The molecule has 0 aliphatic carbocycles. The van der Waals surface area contributed by atoms with Gasteiger partial charge in [0.25, 0.3) is 5.91 Å². The molecule has 1 fully saturated rings. The number of benzene rings is 1. The summed E-state index contributed by atoms with van der Waals surface area (Å²) >= 11 is 7.73. The number of hydrogen-bond acceptors (Lipinski definition) is 3. The topological polar surface area (TPSA) is 55.1 Å². The molecule has 1 atom stereocenters. The summed E-state index contributed by atoms with van der Waals surface area (Å²) in [5.41, 5.74) is 6.65. The number of nitrogen functional groups attached to an aromatic ring is 1. The van der Waals surface area contributed by atoms with E-state index in [2.05, 4.69) is 5.32 Å². The molecule has 3 nitrogen and oxygen atoms in total. The van der Waals surface area contributed by atoms with Gasteiger partial charge in [0.1, 0.15) is 0 Å². The number of nitrogens with one attached hydrogen (secondary N) is 1. The molecule has 5 heteroatoms. The maximum atomic E-state index is 11.8. The van der Waals surface area contributed by atoms with Gasteiger partial charge in [0, 0.05) is 17.4 Å². The summed E-state index contributed by atoms with van der Waals surface area (Å²) in [6.07, 6.45) is 1.04. The fourth-order valence-corrected chi connectivity index (χ4v) is 2.92. The lowest BCUT2D eigenvalue weighted by Gasteiger charge is -2.11. The maximum Gasteiger partial charge on any atom is 0.251 e. The molecule has 1 heterocycles. The molecule has 3 N–H and O–H groups in total. The van der Waals surface area contributed by atoms with Crippen LogP contribution in [-0.4, -0.2) is 23.5 Å². The van der Waals surface area contributed by atoms with Crippen LogP contribution in [0.4, 0.5) is 5.69 Å². The van der Waals surface area contributed by atoms with Crippen LogP contribution in [0.15, 0.2) is 18.2 Å². The zero-order chi connectivity index (χ0) is 11.5. The molecule has 1 aliphatic rings. The highest BCUT2D eigenvalue weighted by Gasteiger charge is 2.18. The molecule has 0 aromatic heterocycles. The van der Waals surface area contributed by atoms with Crippen LogP contribution < -0.4 is 11.1 Å². The molecule has 1 saturated heterocycles. The highest BCUT2D eigenvalue weighted by atomic mass is 35.5. The smallest absolute Gasteiger partial charge is 0.251 e. The highest BCUT2D eigenvalue weighted by Crippen LogP contribution is 2.21. The summed E-state index contributed by atoms with van der Waals surface area (Å²) in [7, 11) is 0. The van der Waals surface area contributed by atoms with Gasteiger partial charge in [-0.2, -0.15) is 11.8 Å². The van der Waals surface area contributed by atoms with E-state index in [-0.39, 0.29) is 11.9 Å². The summed E-state index contributed by atoms with van der Waals surface area (Å²) in [5, 5.41) is 3.41. The Hall–Kier alpha value is -0.870. The van der Waals surface area contributed by atoms with Crippen molar-refractivity contribution in [3.05, 3.63) is 28.8 Å². The first-order valence-electron chi connectivity index (χ1n) is 5.10. The Morgan fingerprint density at radius 1 is 1.56 bits per heavy atom. The summed E-state index contributed by atoms with van der Waals surface area (Å²) in [6, 6.07) is 5.24. The molecule has 1 aromatic carbocycles. The van der Waals surface area contributed by atoms with E-state index in [1.165, 1.54) is 0 Å². The second-order valence-electron chi connectivity index (χ2n) is 3.77. The third-order valence-corrected chi connectivity index (χ3v) is 4.02. The third-order valence-electron chi connectivity index (χ3n) is 2.53. The van der Waals surface area contributed by atoms with Crippen molar-refractivity contribution in [2.24, 2.45) is 0 Å².